The van der Waals surface area contributed by atoms with Gasteiger partial charge in [0.15, 0.2) is 0 Å². The van der Waals surface area contributed by atoms with Crippen LogP contribution < -0.4 is 19.9 Å². The molecule has 1 amide bonds. The van der Waals surface area contributed by atoms with E-state index in [9.17, 15) is 36.3 Å². The average Bonchev–Trinajstić information content (AvgIpc) is 3.36. The van der Waals surface area contributed by atoms with Gasteiger partial charge in [-0.15, -0.1) is 0 Å². The van der Waals surface area contributed by atoms with Crippen LogP contribution in [0.3, 0.4) is 0 Å². The van der Waals surface area contributed by atoms with Gasteiger partial charge in [0.1, 0.15) is 37.4 Å². The minimum absolute atomic E-state index is 0.0352. The van der Waals surface area contributed by atoms with Crippen molar-refractivity contribution in [1.82, 2.24) is 4.90 Å². The summed E-state index contributed by atoms with van der Waals surface area (Å²) in [5.74, 6) is -15.9. The zero-order chi connectivity index (χ0) is 48.0. The van der Waals surface area contributed by atoms with Gasteiger partial charge in [-0.3, -0.25) is 9.59 Å². The van der Waals surface area contributed by atoms with Crippen molar-refractivity contribution in [3.8, 4) is 28.4 Å². The second kappa shape index (κ2) is 23.4. The van der Waals surface area contributed by atoms with Crippen LogP contribution >= 0.6 is 0 Å². The number of unbranched alkanes of at least 4 members (excludes halogenated alkanes) is 1. The van der Waals surface area contributed by atoms with Gasteiger partial charge in [0.25, 0.3) is 0 Å². The number of hydrogen-bond acceptors (Lipinski definition) is 8. The summed E-state index contributed by atoms with van der Waals surface area (Å²) < 4.78 is 94.0. The van der Waals surface area contributed by atoms with Crippen LogP contribution in [0.5, 0.6) is 17.2 Å². The molecule has 0 aliphatic heterocycles. The lowest BCUT2D eigenvalue weighted by molar-refractivity contribution is -0.155. The van der Waals surface area contributed by atoms with Crippen LogP contribution in [0.2, 0.25) is 0 Å². The fourth-order valence-corrected chi connectivity index (χ4v) is 7.25. The summed E-state index contributed by atoms with van der Waals surface area (Å²) in [4.78, 5) is 42.5. The van der Waals surface area contributed by atoms with Crippen molar-refractivity contribution in [2.75, 3.05) is 7.05 Å². The Labute approximate surface area is 386 Å². The fraction of sp³-hybridized carbons (Fsp3) is 0.264. The van der Waals surface area contributed by atoms with Gasteiger partial charge in [-0.1, -0.05) is 130 Å². The molecule has 6 rings (SSSR count). The lowest BCUT2D eigenvalue weighted by Gasteiger charge is -2.29. The Morgan fingerprint density at radius 1 is 0.597 bits per heavy atom. The zero-order valence-electron chi connectivity index (χ0n) is 37.3. The molecule has 350 valence electrons. The molecule has 0 radical (unpaired) electrons. The van der Waals surface area contributed by atoms with Gasteiger partial charge >= 0.3 is 11.9 Å². The van der Waals surface area contributed by atoms with E-state index in [1.54, 1.807) is 30.3 Å². The second-order valence-corrected chi connectivity index (χ2v) is 16.1. The SMILES string of the molecule is CCCC[C@H](N)C(=O)N(C)[C@@H](Cc1cc(-c2ccc(OCc3ccccc3)c(C[C@H](C)C(=O)Oc3c(F)c(F)c(F)c(F)c3F)c2)ccc1OCc1ccccc1)C(=O)OCc1ccccc1. The average molecular weight is 923 g/mol. The quantitative estimate of drug-likeness (QED) is 0.0249. The van der Waals surface area contributed by atoms with Gasteiger partial charge in [-0.2, -0.15) is 8.78 Å². The van der Waals surface area contributed by atoms with E-state index in [4.69, 9.17) is 24.7 Å². The van der Waals surface area contributed by atoms with Crippen LogP contribution in [-0.2, 0) is 51.8 Å². The summed E-state index contributed by atoms with van der Waals surface area (Å²) in [5, 5.41) is 0. The zero-order valence-corrected chi connectivity index (χ0v) is 37.3. The van der Waals surface area contributed by atoms with Crippen LogP contribution in [0.25, 0.3) is 11.1 Å². The Kier molecular flexibility index (Phi) is 17.3. The number of hydrogen-bond donors (Lipinski definition) is 1. The van der Waals surface area contributed by atoms with Crippen molar-refractivity contribution in [2.45, 2.75) is 77.9 Å². The normalized spacial score (nSPS) is 12.4. The maximum Gasteiger partial charge on any atom is 0.329 e. The number of amides is 1. The number of carbonyl (C=O) groups is 3. The highest BCUT2D eigenvalue weighted by Crippen LogP contribution is 2.35. The molecule has 0 heterocycles. The van der Waals surface area contributed by atoms with Gasteiger partial charge in [0.05, 0.1) is 12.0 Å². The van der Waals surface area contributed by atoms with E-state index in [1.807, 2.05) is 104 Å². The summed E-state index contributed by atoms with van der Waals surface area (Å²) >= 11 is 0. The molecule has 3 atom stereocenters. The van der Waals surface area contributed by atoms with Crippen molar-refractivity contribution in [3.63, 3.8) is 0 Å². The van der Waals surface area contributed by atoms with Gasteiger partial charge < -0.3 is 29.6 Å². The van der Waals surface area contributed by atoms with Crippen molar-refractivity contribution in [3.05, 3.63) is 184 Å². The highest BCUT2D eigenvalue weighted by Gasteiger charge is 2.33. The Morgan fingerprint density at radius 2 is 1.04 bits per heavy atom. The first-order valence-corrected chi connectivity index (χ1v) is 21.8. The lowest BCUT2D eigenvalue weighted by atomic mass is 9.94. The number of likely N-dealkylation sites (N-methyl/N-ethyl adjacent to an activating group) is 1. The molecule has 6 aromatic carbocycles. The molecule has 0 unspecified atom stereocenters. The van der Waals surface area contributed by atoms with Crippen molar-refractivity contribution in [1.29, 1.82) is 0 Å². The highest BCUT2D eigenvalue weighted by atomic mass is 19.2. The van der Waals surface area contributed by atoms with Gasteiger partial charge in [0, 0.05) is 13.5 Å². The summed E-state index contributed by atoms with van der Waals surface area (Å²) in [6.07, 6.45) is 1.77. The molecule has 0 aromatic heterocycles. The Balaban J connectivity index is 1.37. The van der Waals surface area contributed by atoms with E-state index in [0.29, 0.717) is 46.6 Å². The minimum Gasteiger partial charge on any atom is -0.489 e. The summed E-state index contributed by atoms with van der Waals surface area (Å²) in [5.41, 5.74) is 11.0. The molecule has 0 fully saturated rings. The first kappa shape index (κ1) is 49.4. The summed E-state index contributed by atoms with van der Waals surface area (Å²) in [6, 6.07) is 36.4. The largest absolute Gasteiger partial charge is 0.489 e. The molecule has 2 N–H and O–H groups in total. The van der Waals surface area contributed by atoms with Crippen molar-refractivity contribution < 1.29 is 55.3 Å². The Hall–Kier alpha value is -7.06. The standard InChI is InChI=1S/C53H51F5N2O7/c1-4-5-21-41(59)51(61)60(3)42(53(63)66-32-36-19-13-8-14-20-36)29-40-28-38(23-25-44(40)65-31-35-17-11-7-12-18-35)37-22-24-43(64-30-34-15-9-6-10-16-34)39(27-37)26-33(2)52(62)67-50-48(57)46(55)45(54)47(56)49(50)58/h6-20,22-25,27-28,33,41-42H,4-5,21,26,29-32,59H2,1-3H3/t33-,41-,42-/m0/s1. The molecule has 0 saturated carbocycles. The number of carbonyl (C=O) groups excluding carboxylic acids is 3. The predicted molar refractivity (Wildman–Crippen MR) is 242 cm³/mol. The number of rotatable bonds is 21. The molecule has 9 nitrogen and oxygen atoms in total. The van der Waals surface area contributed by atoms with Crippen LogP contribution in [0.15, 0.2) is 127 Å². The van der Waals surface area contributed by atoms with Crippen LogP contribution in [0.4, 0.5) is 22.0 Å². The molecular weight excluding hydrogens is 872 g/mol. The van der Waals surface area contributed by atoms with E-state index in [0.717, 1.165) is 23.1 Å². The Morgan fingerprint density at radius 3 is 1.52 bits per heavy atom. The third-order valence-electron chi connectivity index (χ3n) is 11.1. The smallest absolute Gasteiger partial charge is 0.329 e. The van der Waals surface area contributed by atoms with Gasteiger partial charge in [-0.05, 0) is 76.1 Å². The summed E-state index contributed by atoms with van der Waals surface area (Å²) in [7, 11) is 1.52. The van der Waals surface area contributed by atoms with E-state index in [1.165, 1.54) is 18.9 Å². The first-order chi connectivity index (χ1) is 32.2. The number of nitrogens with two attached hydrogens (primary N) is 1. The number of halogens is 5. The van der Waals surface area contributed by atoms with Crippen LogP contribution in [0.1, 0.15) is 60.9 Å². The third kappa shape index (κ3) is 12.9. The van der Waals surface area contributed by atoms with Crippen LogP contribution in [0, 0.1) is 35.0 Å². The van der Waals surface area contributed by atoms with Crippen molar-refractivity contribution >= 4 is 17.8 Å². The molecule has 67 heavy (non-hydrogen) atoms. The Bertz CT molecular complexity index is 2610. The molecule has 0 aliphatic rings. The minimum atomic E-state index is -2.38. The maximum absolute atomic E-state index is 14.5. The molecule has 6 aromatic rings. The highest BCUT2D eigenvalue weighted by molar-refractivity contribution is 5.87. The monoisotopic (exact) mass is 922 g/mol. The van der Waals surface area contributed by atoms with Gasteiger partial charge in [-0.25, -0.2) is 18.0 Å². The number of esters is 2. The maximum atomic E-state index is 14.5. The third-order valence-corrected chi connectivity index (χ3v) is 11.1. The predicted octanol–water partition coefficient (Wildman–Crippen LogP) is 10.6. The van der Waals surface area contributed by atoms with E-state index in [-0.39, 0.29) is 32.7 Å². The summed E-state index contributed by atoms with van der Waals surface area (Å²) in [6.45, 7) is 3.65. The second-order valence-electron chi connectivity index (χ2n) is 16.1. The van der Waals surface area contributed by atoms with Crippen molar-refractivity contribution in [2.24, 2.45) is 11.7 Å². The van der Waals surface area contributed by atoms with E-state index < -0.39 is 70.7 Å². The first-order valence-electron chi connectivity index (χ1n) is 21.8. The van der Waals surface area contributed by atoms with Gasteiger partial charge in [0.2, 0.25) is 40.7 Å². The fourth-order valence-electron chi connectivity index (χ4n) is 7.25. The molecule has 14 heteroatoms. The van der Waals surface area contributed by atoms with E-state index >= 15 is 0 Å². The molecule has 0 saturated heterocycles. The number of nitrogens with zero attached hydrogens (tertiary/aromatic N) is 1. The van der Waals surface area contributed by atoms with E-state index in [2.05, 4.69) is 0 Å². The molecular formula is C53H51F5N2O7. The lowest BCUT2D eigenvalue weighted by Crippen LogP contribution is -2.50. The van der Waals surface area contributed by atoms with Crippen LogP contribution in [-0.4, -0.2) is 41.9 Å². The number of ether oxygens (including phenoxy) is 4. The number of benzene rings is 6. The molecule has 0 bridgehead atoms. The topological polar surface area (TPSA) is 117 Å². The molecule has 0 aliphatic carbocycles. The molecule has 0 spiro atoms.